The summed E-state index contributed by atoms with van der Waals surface area (Å²) in [5.41, 5.74) is 1.10. The fraction of sp³-hybridized carbons (Fsp3) is 0.381. The summed E-state index contributed by atoms with van der Waals surface area (Å²) in [5, 5.41) is 23.7. The van der Waals surface area contributed by atoms with Crippen molar-refractivity contribution in [1.82, 2.24) is 19.8 Å². The number of hydrogen-bond donors (Lipinski definition) is 3. The van der Waals surface area contributed by atoms with E-state index in [1.54, 1.807) is 35.4 Å². The van der Waals surface area contributed by atoms with E-state index in [1.807, 2.05) is 18.0 Å². The van der Waals surface area contributed by atoms with Gasteiger partial charge in [-0.15, -0.1) is 0 Å². The highest BCUT2D eigenvalue weighted by Gasteiger charge is 2.34. The molecule has 0 radical (unpaired) electrons. The van der Waals surface area contributed by atoms with Crippen LogP contribution in [0.4, 0.5) is 32.6 Å². The molecule has 0 bridgehead atoms. The molecule has 1 atom stereocenters. The van der Waals surface area contributed by atoms with Crippen molar-refractivity contribution in [2.24, 2.45) is 0 Å². The highest BCUT2D eigenvalue weighted by atomic mass is 16.4. The van der Waals surface area contributed by atoms with E-state index in [9.17, 15) is 14.9 Å². The molecule has 2 aliphatic rings. The number of benzene rings is 1. The lowest BCUT2D eigenvalue weighted by atomic mass is 10.0. The molecule has 2 aliphatic heterocycles. The van der Waals surface area contributed by atoms with Gasteiger partial charge in [0.05, 0.1) is 12.2 Å². The van der Waals surface area contributed by atoms with Crippen LogP contribution in [0.3, 0.4) is 0 Å². The predicted octanol–water partition coefficient (Wildman–Crippen LogP) is 2.52. The zero-order chi connectivity index (χ0) is 22.7. The first kappa shape index (κ1) is 21.2. The van der Waals surface area contributed by atoms with Crippen LogP contribution in [0.5, 0.6) is 0 Å². The number of piperidine rings is 1. The number of hydrogen-bond acceptors (Lipinski definition) is 7. The van der Waals surface area contributed by atoms with E-state index in [0.29, 0.717) is 23.7 Å². The lowest BCUT2D eigenvalue weighted by Gasteiger charge is -2.37. The number of nitrogens with one attached hydrogen (secondary N) is 2. The molecule has 2 saturated heterocycles. The maximum absolute atomic E-state index is 12.4. The Bertz CT molecular complexity index is 1070. The lowest BCUT2D eigenvalue weighted by Crippen LogP contribution is -2.49. The van der Waals surface area contributed by atoms with Gasteiger partial charge in [0.15, 0.2) is 11.5 Å². The van der Waals surface area contributed by atoms with Crippen molar-refractivity contribution in [3.8, 4) is 6.07 Å². The summed E-state index contributed by atoms with van der Waals surface area (Å²) in [6.45, 7) is 2.89. The molecule has 166 valence electrons. The molecule has 11 heteroatoms. The summed E-state index contributed by atoms with van der Waals surface area (Å²) in [6, 6.07) is 8.86. The van der Waals surface area contributed by atoms with Crippen molar-refractivity contribution in [3.63, 3.8) is 0 Å². The van der Waals surface area contributed by atoms with E-state index in [-0.39, 0.29) is 23.6 Å². The highest BCUT2D eigenvalue weighted by molar-refractivity contribution is 5.84. The number of rotatable bonds is 5. The van der Waals surface area contributed by atoms with Crippen molar-refractivity contribution >= 4 is 35.1 Å². The van der Waals surface area contributed by atoms with Crippen LogP contribution in [-0.2, 0) is 0 Å². The number of nitriles is 1. The van der Waals surface area contributed by atoms with Gasteiger partial charge < -0.3 is 25.1 Å². The number of nitrogens with zero attached hydrogens (tertiary/aromatic N) is 6. The van der Waals surface area contributed by atoms with Gasteiger partial charge in [-0.2, -0.15) is 5.26 Å². The third-order valence-corrected chi connectivity index (χ3v) is 5.65. The first-order valence-electron chi connectivity index (χ1n) is 10.4. The molecule has 3 heterocycles. The van der Waals surface area contributed by atoms with Crippen LogP contribution < -0.4 is 15.5 Å². The van der Waals surface area contributed by atoms with Crippen LogP contribution in [0.25, 0.3) is 0 Å². The molecule has 2 fully saturated rings. The summed E-state index contributed by atoms with van der Waals surface area (Å²) in [6.07, 6.45) is 2.27. The highest BCUT2D eigenvalue weighted by Crippen LogP contribution is 2.26. The van der Waals surface area contributed by atoms with Crippen molar-refractivity contribution in [2.75, 3.05) is 48.8 Å². The third kappa shape index (κ3) is 4.49. The quantitative estimate of drug-likeness (QED) is 0.650. The number of carbonyl (C=O) groups is 2. The fourth-order valence-corrected chi connectivity index (χ4v) is 4.06. The van der Waals surface area contributed by atoms with Gasteiger partial charge in [-0.05, 0) is 31.0 Å². The van der Waals surface area contributed by atoms with Gasteiger partial charge in [0.2, 0.25) is 0 Å². The van der Waals surface area contributed by atoms with Crippen molar-refractivity contribution < 1.29 is 14.7 Å². The van der Waals surface area contributed by atoms with Gasteiger partial charge in [-0.1, -0.05) is 6.07 Å². The third-order valence-electron chi connectivity index (χ3n) is 5.65. The maximum Gasteiger partial charge on any atom is 0.409 e. The Morgan fingerprint density at radius 1 is 1.28 bits per heavy atom. The summed E-state index contributed by atoms with van der Waals surface area (Å²) in [4.78, 5) is 37.9. The second-order valence-corrected chi connectivity index (χ2v) is 7.81. The number of likely N-dealkylation sites (N-methyl/N-ethyl adjacent to an activating group) is 1. The molecule has 3 amide bonds. The molecule has 4 rings (SSSR count). The van der Waals surface area contributed by atoms with Gasteiger partial charge in [0.1, 0.15) is 11.9 Å². The SMILES string of the molecule is CN1CCN([C@H]2CCCN(c3cnc(C#N)c(Nc4cccc(NC(=O)O)c4)n3)C2)C1=O. The number of anilines is 4. The maximum atomic E-state index is 12.4. The normalized spacial score (nSPS) is 18.4. The Balaban J connectivity index is 1.54. The largest absolute Gasteiger partial charge is 0.465 e. The van der Waals surface area contributed by atoms with Crippen LogP contribution in [0.15, 0.2) is 30.5 Å². The predicted molar refractivity (Wildman–Crippen MR) is 118 cm³/mol. The van der Waals surface area contributed by atoms with E-state index < -0.39 is 6.09 Å². The Hall–Kier alpha value is -4.07. The lowest BCUT2D eigenvalue weighted by molar-refractivity contribution is 0.175. The van der Waals surface area contributed by atoms with Crippen molar-refractivity contribution in [2.45, 2.75) is 18.9 Å². The smallest absolute Gasteiger partial charge is 0.409 e. The minimum atomic E-state index is -1.16. The molecule has 0 aliphatic carbocycles. The van der Waals surface area contributed by atoms with Gasteiger partial charge in [0, 0.05) is 44.6 Å². The monoisotopic (exact) mass is 436 g/mol. The summed E-state index contributed by atoms with van der Waals surface area (Å²) >= 11 is 0. The molecule has 0 spiro atoms. The Morgan fingerprint density at radius 2 is 2.09 bits per heavy atom. The fourth-order valence-electron chi connectivity index (χ4n) is 4.06. The molecule has 32 heavy (non-hydrogen) atoms. The van der Waals surface area contributed by atoms with E-state index >= 15 is 0 Å². The van der Waals surface area contributed by atoms with E-state index in [1.165, 1.54) is 0 Å². The zero-order valence-electron chi connectivity index (χ0n) is 17.7. The standard InChI is InChI=1S/C21H24N8O3/c1-27-8-9-29(21(27)32)16-6-3-7-28(13-16)18-12-23-17(11-22)19(26-18)24-14-4-2-5-15(10-14)25-20(30)31/h2,4-5,10,12,16,25H,3,6-9,13H2,1H3,(H,24,26)(H,30,31)/t16-/m0/s1. The van der Waals surface area contributed by atoms with Crippen molar-refractivity contribution in [1.29, 1.82) is 5.26 Å². The summed E-state index contributed by atoms with van der Waals surface area (Å²) in [5.74, 6) is 0.910. The number of carbonyl (C=O) groups excluding carboxylic acids is 1. The van der Waals surface area contributed by atoms with Crippen LogP contribution in [0, 0.1) is 11.3 Å². The second-order valence-electron chi connectivity index (χ2n) is 7.81. The topological polar surface area (TPSA) is 138 Å². The summed E-state index contributed by atoms with van der Waals surface area (Å²) < 4.78 is 0. The Morgan fingerprint density at radius 3 is 2.81 bits per heavy atom. The number of aromatic nitrogens is 2. The van der Waals surface area contributed by atoms with Gasteiger partial charge in [0.25, 0.3) is 0 Å². The average molecular weight is 436 g/mol. The molecule has 1 aromatic carbocycles. The van der Waals surface area contributed by atoms with Gasteiger partial charge in [-0.25, -0.2) is 19.6 Å². The van der Waals surface area contributed by atoms with Crippen molar-refractivity contribution in [3.05, 3.63) is 36.2 Å². The van der Waals surface area contributed by atoms with Gasteiger partial charge in [-0.3, -0.25) is 5.32 Å². The van der Waals surface area contributed by atoms with Crippen LogP contribution in [0.1, 0.15) is 18.5 Å². The molecule has 0 saturated carbocycles. The second kappa shape index (κ2) is 8.97. The molecule has 11 nitrogen and oxygen atoms in total. The molecular weight excluding hydrogens is 412 g/mol. The number of carboxylic acid groups (broad SMARTS) is 1. The number of urea groups is 1. The average Bonchev–Trinajstić information content (AvgIpc) is 3.12. The molecule has 2 aromatic rings. The Labute approximate surface area is 185 Å². The van der Waals surface area contributed by atoms with E-state index in [0.717, 1.165) is 32.5 Å². The zero-order valence-corrected chi connectivity index (χ0v) is 17.7. The number of amides is 3. The Kier molecular flexibility index (Phi) is 5.93. The van der Waals surface area contributed by atoms with Crippen LogP contribution in [0.2, 0.25) is 0 Å². The van der Waals surface area contributed by atoms with E-state index in [4.69, 9.17) is 5.11 Å². The summed E-state index contributed by atoms with van der Waals surface area (Å²) in [7, 11) is 1.81. The molecular formula is C21H24N8O3. The van der Waals surface area contributed by atoms with Crippen LogP contribution in [-0.4, -0.2) is 76.3 Å². The van der Waals surface area contributed by atoms with E-state index in [2.05, 4.69) is 25.5 Å². The van der Waals surface area contributed by atoms with Gasteiger partial charge >= 0.3 is 12.1 Å². The minimum Gasteiger partial charge on any atom is -0.465 e. The molecule has 3 N–H and O–H groups in total. The molecule has 1 aromatic heterocycles. The minimum absolute atomic E-state index is 0.0555. The first-order valence-corrected chi connectivity index (χ1v) is 10.4. The molecule has 0 unspecified atom stereocenters. The van der Waals surface area contributed by atoms with Crippen LogP contribution >= 0.6 is 0 Å². The first-order chi connectivity index (χ1) is 15.4.